The summed E-state index contributed by atoms with van der Waals surface area (Å²) >= 11 is 0. The van der Waals surface area contributed by atoms with Crippen molar-refractivity contribution in [3.63, 3.8) is 0 Å². The summed E-state index contributed by atoms with van der Waals surface area (Å²) in [6.07, 6.45) is 0.485. The lowest BCUT2D eigenvalue weighted by molar-refractivity contribution is 0.0736. The smallest absolute Gasteiger partial charge is 0.230 e. The van der Waals surface area contributed by atoms with Crippen LogP contribution < -0.4 is 0 Å². The van der Waals surface area contributed by atoms with Gasteiger partial charge in [-0.25, -0.2) is 0 Å². The molecule has 0 aromatic heterocycles. The summed E-state index contributed by atoms with van der Waals surface area (Å²) < 4.78 is 48.3. The first-order chi connectivity index (χ1) is 8.00. The van der Waals surface area contributed by atoms with Gasteiger partial charge in [-0.1, -0.05) is 18.2 Å². The zero-order chi connectivity index (χ0) is 12.3. The van der Waals surface area contributed by atoms with Crippen LogP contribution in [0.3, 0.4) is 0 Å². The summed E-state index contributed by atoms with van der Waals surface area (Å²) in [6.45, 7) is -1.19. The zero-order valence-corrected chi connectivity index (χ0v) is 6.05. The first-order valence-electron chi connectivity index (χ1n) is 6.19. The molecule has 12 heavy (non-hydrogen) atoms. The van der Waals surface area contributed by atoms with Crippen LogP contribution in [0, 0.1) is 0 Å². The van der Waals surface area contributed by atoms with Gasteiger partial charge in [0.1, 0.15) is 7.13 Å². The van der Waals surface area contributed by atoms with E-state index < -0.39 is 13.2 Å². The number of ether oxygens (including phenoxy) is 2. The van der Waals surface area contributed by atoms with Crippen molar-refractivity contribution in [3.8, 4) is 0 Å². The van der Waals surface area contributed by atoms with E-state index in [4.69, 9.17) is 16.3 Å². The van der Waals surface area contributed by atoms with Crippen LogP contribution >= 0.6 is 0 Å². The van der Waals surface area contributed by atoms with Crippen LogP contribution in [-0.4, -0.2) is 6.77 Å². The molecule has 0 saturated carbocycles. The minimum absolute atomic E-state index is 0.0779. The highest BCUT2D eigenvalue weighted by atomic mass is 16.7. The fourth-order valence-electron chi connectivity index (χ4n) is 1.24. The Labute approximate surface area is 77.5 Å². The SMILES string of the molecule is [2H]C1=C([2H])C([2H])=C2C1=CC1=C(OC([2H])O1)C2[2H]. The largest absolute Gasteiger partial charge is 0.458 e. The van der Waals surface area contributed by atoms with Crippen molar-refractivity contribution in [2.45, 2.75) is 6.40 Å². The quantitative estimate of drug-likeness (QED) is 0.546. The Morgan fingerprint density at radius 2 is 2.50 bits per heavy atom. The van der Waals surface area contributed by atoms with E-state index in [9.17, 15) is 0 Å². The van der Waals surface area contributed by atoms with Gasteiger partial charge in [0.2, 0.25) is 6.77 Å². The van der Waals surface area contributed by atoms with Crippen LogP contribution in [0.25, 0.3) is 0 Å². The molecule has 1 heterocycles. The van der Waals surface area contributed by atoms with E-state index in [2.05, 4.69) is 0 Å². The zero-order valence-electron chi connectivity index (χ0n) is 11.0. The van der Waals surface area contributed by atoms with Gasteiger partial charge in [0, 0.05) is 7.77 Å². The van der Waals surface area contributed by atoms with E-state index in [1.165, 1.54) is 6.08 Å². The van der Waals surface area contributed by atoms with Crippen LogP contribution in [0.1, 0.15) is 13.3 Å². The molecule has 2 aliphatic carbocycles. The Balaban J connectivity index is 2.15. The maximum atomic E-state index is 7.97. The van der Waals surface area contributed by atoms with Crippen molar-refractivity contribution >= 4 is 0 Å². The van der Waals surface area contributed by atoms with Crippen LogP contribution in [0.5, 0.6) is 0 Å². The summed E-state index contributed by atoms with van der Waals surface area (Å²) in [5.74, 6) is 0.451. The Morgan fingerprint density at radius 3 is 3.50 bits per heavy atom. The molecule has 0 fully saturated rings. The number of hydrogen-bond acceptors (Lipinski definition) is 2. The van der Waals surface area contributed by atoms with E-state index in [1.54, 1.807) is 0 Å². The molecule has 0 aromatic rings. The fraction of sp³-hybridized carbons (Fsp3) is 0.200. The highest BCUT2D eigenvalue weighted by Gasteiger charge is 2.24. The third kappa shape index (κ3) is 0.694. The normalized spacial score (nSPS) is 44.7. The molecule has 2 unspecified atom stereocenters. The van der Waals surface area contributed by atoms with Crippen molar-refractivity contribution in [1.29, 1.82) is 0 Å². The molecular weight excluding hydrogens is 152 g/mol. The van der Waals surface area contributed by atoms with E-state index >= 15 is 0 Å². The molecule has 0 aromatic carbocycles. The molecule has 0 amide bonds. The van der Waals surface area contributed by atoms with Crippen molar-refractivity contribution in [2.75, 3.05) is 6.77 Å². The molecule has 0 N–H and O–H groups in total. The summed E-state index contributed by atoms with van der Waals surface area (Å²) in [7, 11) is 0. The number of hydrogen-bond donors (Lipinski definition) is 0. The lowest BCUT2D eigenvalue weighted by Crippen LogP contribution is -1.96. The Bertz CT molecular complexity index is 543. The van der Waals surface area contributed by atoms with Crippen molar-refractivity contribution in [3.05, 3.63) is 46.9 Å². The van der Waals surface area contributed by atoms with E-state index in [0.717, 1.165) is 0 Å². The monoisotopic (exact) mass is 165 g/mol. The van der Waals surface area contributed by atoms with Crippen molar-refractivity contribution in [1.82, 2.24) is 0 Å². The highest BCUT2D eigenvalue weighted by Crippen LogP contribution is 2.35. The van der Waals surface area contributed by atoms with Crippen molar-refractivity contribution in [2.24, 2.45) is 0 Å². The van der Waals surface area contributed by atoms with Gasteiger partial charge in [-0.2, -0.15) is 0 Å². The first kappa shape index (κ1) is 3.13. The molecule has 2 atom stereocenters. The minimum atomic E-state index is -1.19. The summed E-state index contributed by atoms with van der Waals surface area (Å²) in [4.78, 5) is 0. The summed E-state index contributed by atoms with van der Waals surface area (Å²) in [6, 6.07) is -0.386. The third-order valence-corrected chi connectivity index (χ3v) is 1.83. The van der Waals surface area contributed by atoms with Gasteiger partial charge in [0.15, 0.2) is 5.76 Å². The topological polar surface area (TPSA) is 18.5 Å². The van der Waals surface area contributed by atoms with Crippen LogP contribution in [0.2, 0.25) is 0 Å². The van der Waals surface area contributed by atoms with Crippen LogP contribution in [0.15, 0.2) is 46.9 Å². The Kier molecular flexibility index (Phi) is 0.530. The molecule has 0 bridgehead atoms. The summed E-state index contributed by atoms with van der Waals surface area (Å²) in [5, 5.41) is 0. The fourth-order valence-corrected chi connectivity index (χ4v) is 1.24. The Hall–Kier alpha value is -1.44. The second-order valence-electron chi connectivity index (χ2n) is 2.55. The average Bonchev–Trinajstić information content (AvgIpc) is 2.75. The maximum absolute atomic E-state index is 7.97. The Morgan fingerprint density at radius 1 is 1.50 bits per heavy atom. The average molecular weight is 165 g/mol. The lowest BCUT2D eigenvalue weighted by Gasteiger charge is -2.10. The highest BCUT2D eigenvalue weighted by molar-refractivity contribution is 5.55. The molecule has 3 aliphatic rings. The van der Waals surface area contributed by atoms with Gasteiger partial charge in [0.05, 0.1) is 4.11 Å². The van der Waals surface area contributed by atoms with E-state index in [-0.39, 0.29) is 35.2 Å². The number of allylic oxidation sites excluding steroid dienone is 6. The van der Waals surface area contributed by atoms with Gasteiger partial charge in [-0.05, 0) is 17.2 Å². The van der Waals surface area contributed by atoms with Crippen molar-refractivity contribution < 1.29 is 16.3 Å². The van der Waals surface area contributed by atoms with Gasteiger partial charge in [0.25, 0.3) is 0 Å². The first-order valence-corrected chi connectivity index (χ1v) is 3.53. The second kappa shape index (κ2) is 2.03. The predicted octanol–water partition coefficient (Wildman–Crippen LogP) is 2.03. The van der Waals surface area contributed by atoms with E-state index in [1.807, 2.05) is 0 Å². The molecule has 1 aliphatic heterocycles. The van der Waals surface area contributed by atoms with E-state index in [0.29, 0.717) is 5.57 Å². The predicted molar refractivity (Wildman–Crippen MR) is 44.0 cm³/mol. The molecule has 60 valence electrons. The molecule has 0 saturated heterocycles. The van der Waals surface area contributed by atoms with Gasteiger partial charge in [-0.3, -0.25) is 0 Å². The number of rotatable bonds is 0. The second-order valence-corrected chi connectivity index (χ2v) is 2.55. The number of fused-ring (bicyclic) bond motifs is 1. The molecule has 0 spiro atoms. The summed E-state index contributed by atoms with van der Waals surface area (Å²) in [5.41, 5.74) is 0.646. The van der Waals surface area contributed by atoms with Crippen LogP contribution in [-0.2, 0) is 9.47 Å². The minimum Gasteiger partial charge on any atom is -0.458 e. The van der Waals surface area contributed by atoms with Crippen LogP contribution in [0.4, 0.5) is 0 Å². The molecular formula is C10H8O2. The maximum Gasteiger partial charge on any atom is 0.230 e. The molecule has 2 nitrogen and oxygen atoms in total. The molecule has 2 heteroatoms. The molecule has 0 radical (unpaired) electrons. The lowest BCUT2D eigenvalue weighted by atomic mass is 9.99. The van der Waals surface area contributed by atoms with Gasteiger partial charge >= 0.3 is 0 Å². The molecule has 3 rings (SSSR count). The third-order valence-electron chi connectivity index (χ3n) is 1.83. The standard InChI is InChI=1S/C10H8O2/c1-2-7-4-9-10(12-6-11-9)5-8(7)3-1/h1-4H,5-6H2/i1D,2D,3D,5D,6D. The van der Waals surface area contributed by atoms with Gasteiger partial charge in [-0.15, -0.1) is 0 Å². The van der Waals surface area contributed by atoms with Gasteiger partial charge < -0.3 is 9.47 Å².